The van der Waals surface area contributed by atoms with Gasteiger partial charge in [0.25, 0.3) is 0 Å². The zero-order valence-electron chi connectivity index (χ0n) is 13.4. The van der Waals surface area contributed by atoms with Crippen LogP contribution in [-0.2, 0) is 6.54 Å². The molecule has 6 nitrogen and oxygen atoms in total. The molecule has 1 fully saturated rings. The quantitative estimate of drug-likeness (QED) is 0.853. The van der Waals surface area contributed by atoms with Gasteiger partial charge in [-0.1, -0.05) is 0 Å². The molecule has 1 aliphatic rings. The molecule has 2 N–H and O–H groups in total. The van der Waals surface area contributed by atoms with E-state index in [1.165, 1.54) is 18.2 Å². The summed E-state index contributed by atoms with van der Waals surface area (Å²) in [5.74, 6) is 1.12. The maximum atomic E-state index is 13.4. The van der Waals surface area contributed by atoms with E-state index in [2.05, 4.69) is 20.6 Å². The van der Waals surface area contributed by atoms with Crippen LogP contribution in [0.2, 0.25) is 0 Å². The number of hydrogen-bond acceptors (Lipinski definition) is 4. The smallest absolute Gasteiger partial charge is 0.319 e. The van der Waals surface area contributed by atoms with Crippen LogP contribution in [0.15, 0.2) is 30.5 Å². The van der Waals surface area contributed by atoms with Crippen molar-refractivity contribution in [3.63, 3.8) is 0 Å². The van der Waals surface area contributed by atoms with Crippen LogP contribution in [0.3, 0.4) is 0 Å². The molecule has 126 valence electrons. The number of amides is 2. The number of ether oxygens (including phenoxy) is 1. The van der Waals surface area contributed by atoms with Gasteiger partial charge < -0.3 is 15.4 Å². The van der Waals surface area contributed by atoms with Crippen LogP contribution in [0.4, 0.5) is 14.9 Å². The summed E-state index contributed by atoms with van der Waals surface area (Å²) in [5.41, 5.74) is 1.15. The summed E-state index contributed by atoms with van der Waals surface area (Å²) in [6, 6.07) is 5.38. The molecule has 0 spiro atoms. The van der Waals surface area contributed by atoms with Gasteiger partial charge in [-0.3, -0.25) is 0 Å². The maximum absolute atomic E-state index is 13.4. The number of aryl methyl sites for hydroxylation is 1. The molecular weight excluding hydrogens is 311 g/mol. The molecule has 0 saturated heterocycles. The van der Waals surface area contributed by atoms with E-state index in [-0.39, 0.29) is 6.54 Å². The number of carbonyl (C=O) groups is 1. The molecular formula is C17H19FN4O2. The molecule has 1 saturated carbocycles. The molecule has 0 atom stereocenters. The number of anilines is 1. The van der Waals surface area contributed by atoms with Crippen molar-refractivity contribution in [1.29, 1.82) is 0 Å². The fourth-order valence-electron chi connectivity index (χ4n) is 2.15. The molecule has 0 aliphatic heterocycles. The molecule has 1 aromatic carbocycles. The normalized spacial score (nSPS) is 13.4. The van der Waals surface area contributed by atoms with Crippen LogP contribution >= 0.6 is 0 Å². The summed E-state index contributed by atoms with van der Waals surface area (Å²) in [5, 5.41) is 5.39. The van der Waals surface area contributed by atoms with Gasteiger partial charge in [-0.2, -0.15) is 0 Å². The number of nitrogens with one attached hydrogen (secondary N) is 2. The third kappa shape index (κ3) is 4.65. The highest BCUT2D eigenvalue weighted by molar-refractivity contribution is 5.90. The van der Waals surface area contributed by atoms with Crippen molar-refractivity contribution in [2.24, 2.45) is 5.92 Å². The first-order valence-corrected chi connectivity index (χ1v) is 7.86. The number of benzene rings is 1. The van der Waals surface area contributed by atoms with Crippen molar-refractivity contribution in [3.8, 4) is 5.75 Å². The average molecular weight is 330 g/mol. The van der Waals surface area contributed by atoms with E-state index in [9.17, 15) is 9.18 Å². The molecule has 1 aromatic heterocycles. The minimum Gasteiger partial charge on any atom is -0.491 e. The van der Waals surface area contributed by atoms with Crippen LogP contribution in [0.25, 0.3) is 0 Å². The van der Waals surface area contributed by atoms with Crippen LogP contribution in [0, 0.1) is 18.7 Å². The van der Waals surface area contributed by atoms with E-state index in [1.807, 2.05) is 0 Å². The van der Waals surface area contributed by atoms with Crippen molar-refractivity contribution in [1.82, 2.24) is 15.3 Å². The monoisotopic (exact) mass is 330 g/mol. The number of carbonyl (C=O) groups excluding carboxylic acids is 1. The van der Waals surface area contributed by atoms with E-state index >= 15 is 0 Å². The summed E-state index contributed by atoms with van der Waals surface area (Å²) in [7, 11) is 0. The van der Waals surface area contributed by atoms with Gasteiger partial charge in [-0.25, -0.2) is 19.2 Å². The van der Waals surface area contributed by atoms with E-state index in [4.69, 9.17) is 4.74 Å². The molecule has 0 radical (unpaired) electrons. The second-order valence-electron chi connectivity index (χ2n) is 5.80. The maximum Gasteiger partial charge on any atom is 0.319 e. The minimum atomic E-state index is -0.408. The van der Waals surface area contributed by atoms with Gasteiger partial charge >= 0.3 is 6.03 Å². The molecule has 1 heterocycles. The van der Waals surface area contributed by atoms with Gasteiger partial charge in [0, 0.05) is 12.3 Å². The van der Waals surface area contributed by atoms with Gasteiger partial charge in [0.1, 0.15) is 17.4 Å². The standard InChI is InChI=1S/C17H19FN4O2/c1-11-19-7-6-14(21-11)9-20-17(23)22-15-5-4-13(18)8-16(15)24-10-12-2-3-12/h4-8,12H,2-3,9-10H2,1H3,(H2,20,22,23). The van der Waals surface area contributed by atoms with Crippen LogP contribution in [-0.4, -0.2) is 22.6 Å². The van der Waals surface area contributed by atoms with Gasteiger partial charge in [-0.05, 0) is 43.9 Å². The molecule has 2 aromatic rings. The van der Waals surface area contributed by atoms with Crippen molar-refractivity contribution >= 4 is 11.7 Å². The minimum absolute atomic E-state index is 0.272. The molecule has 0 bridgehead atoms. The number of urea groups is 1. The second-order valence-corrected chi connectivity index (χ2v) is 5.80. The number of aromatic nitrogens is 2. The molecule has 7 heteroatoms. The highest BCUT2D eigenvalue weighted by Gasteiger charge is 2.22. The van der Waals surface area contributed by atoms with Crippen molar-refractivity contribution in [2.75, 3.05) is 11.9 Å². The molecule has 3 rings (SSSR count). The van der Waals surface area contributed by atoms with Gasteiger partial charge in [0.15, 0.2) is 0 Å². The molecule has 2 amide bonds. The molecule has 1 aliphatic carbocycles. The summed E-state index contributed by atoms with van der Waals surface area (Å²) in [6.07, 6.45) is 3.91. The first-order chi connectivity index (χ1) is 11.6. The fourth-order valence-corrected chi connectivity index (χ4v) is 2.15. The number of rotatable bonds is 6. The summed E-state index contributed by atoms with van der Waals surface area (Å²) in [4.78, 5) is 20.3. The zero-order valence-corrected chi connectivity index (χ0v) is 13.4. The number of nitrogens with zero attached hydrogens (tertiary/aromatic N) is 2. The third-order valence-electron chi connectivity index (χ3n) is 3.63. The van der Waals surface area contributed by atoms with Crippen LogP contribution < -0.4 is 15.4 Å². The largest absolute Gasteiger partial charge is 0.491 e. The Hall–Kier alpha value is -2.70. The summed E-state index contributed by atoms with van der Waals surface area (Å²) < 4.78 is 19.0. The molecule has 24 heavy (non-hydrogen) atoms. The predicted octanol–water partition coefficient (Wildman–Crippen LogP) is 3.03. The Morgan fingerprint density at radius 1 is 1.38 bits per heavy atom. The van der Waals surface area contributed by atoms with Crippen molar-refractivity contribution in [3.05, 3.63) is 47.8 Å². The summed E-state index contributed by atoms with van der Waals surface area (Å²) >= 11 is 0. The lowest BCUT2D eigenvalue weighted by Gasteiger charge is -2.13. The number of hydrogen-bond donors (Lipinski definition) is 2. The summed E-state index contributed by atoms with van der Waals surface area (Å²) in [6.45, 7) is 2.60. The van der Waals surface area contributed by atoms with Gasteiger partial charge in [-0.15, -0.1) is 0 Å². The average Bonchev–Trinajstić information content (AvgIpc) is 3.37. The highest BCUT2D eigenvalue weighted by Crippen LogP contribution is 2.32. The van der Waals surface area contributed by atoms with E-state index in [0.717, 1.165) is 12.8 Å². The fraction of sp³-hybridized carbons (Fsp3) is 0.353. The van der Waals surface area contributed by atoms with Crippen molar-refractivity contribution in [2.45, 2.75) is 26.3 Å². The lowest BCUT2D eigenvalue weighted by atomic mass is 10.3. The Labute approximate surface area is 139 Å². The van der Waals surface area contributed by atoms with Crippen LogP contribution in [0.5, 0.6) is 5.75 Å². The first-order valence-electron chi connectivity index (χ1n) is 7.86. The van der Waals surface area contributed by atoms with E-state index in [1.54, 1.807) is 19.2 Å². The lowest BCUT2D eigenvalue weighted by molar-refractivity contribution is 0.251. The van der Waals surface area contributed by atoms with E-state index in [0.29, 0.717) is 35.5 Å². The Morgan fingerprint density at radius 3 is 2.96 bits per heavy atom. The Kier molecular flexibility index (Phi) is 4.88. The molecule has 0 unspecified atom stereocenters. The van der Waals surface area contributed by atoms with Crippen LogP contribution in [0.1, 0.15) is 24.4 Å². The van der Waals surface area contributed by atoms with Gasteiger partial charge in [0.05, 0.1) is 24.5 Å². The Morgan fingerprint density at radius 2 is 2.21 bits per heavy atom. The first kappa shape index (κ1) is 16.2. The zero-order chi connectivity index (χ0) is 16.9. The Bertz CT molecular complexity index is 734. The Balaban J connectivity index is 1.58. The van der Waals surface area contributed by atoms with Crippen molar-refractivity contribution < 1.29 is 13.9 Å². The topological polar surface area (TPSA) is 76.1 Å². The van der Waals surface area contributed by atoms with Gasteiger partial charge in [0.2, 0.25) is 0 Å². The van der Waals surface area contributed by atoms with E-state index < -0.39 is 11.8 Å². The number of halogens is 1. The third-order valence-corrected chi connectivity index (χ3v) is 3.63. The highest BCUT2D eigenvalue weighted by atomic mass is 19.1. The SMILES string of the molecule is Cc1nccc(CNC(=O)Nc2ccc(F)cc2OCC2CC2)n1. The second kappa shape index (κ2) is 7.25. The lowest BCUT2D eigenvalue weighted by Crippen LogP contribution is -2.28. The predicted molar refractivity (Wildman–Crippen MR) is 87.2 cm³/mol.